The number of nitrogen functional groups attached to an aromatic ring is 1. The van der Waals surface area contributed by atoms with Crippen molar-refractivity contribution >= 4 is 29.0 Å². The molecule has 2 heterocycles. The lowest BCUT2D eigenvalue weighted by atomic mass is 10.1. The minimum absolute atomic E-state index is 0.00253. The second-order valence-corrected chi connectivity index (χ2v) is 7.52. The van der Waals surface area contributed by atoms with E-state index in [0.717, 1.165) is 26.9 Å². The van der Waals surface area contributed by atoms with Gasteiger partial charge in [-0.1, -0.05) is 30.0 Å². The zero-order valence-corrected chi connectivity index (χ0v) is 15.9. The number of benzene rings is 1. The van der Waals surface area contributed by atoms with E-state index in [0.29, 0.717) is 0 Å². The Hall–Kier alpha value is -2.72. The van der Waals surface area contributed by atoms with Gasteiger partial charge in [0.05, 0.1) is 11.8 Å². The fourth-order valence-corrected chi connectivity index (χ4v) is 3.80. The number of hydrogen-bond donors (Lipinski definition) is 2. The van der Waals surface area contributed by atoms with Gasteiger partial charge in [0.1, 0.15) is 11.5 Å². The number of nitrogens with one attached hydrogen (secondary N) is 1. The summed E-state index contributed by atoms with van der Waals surface area (Å²) in [4.78, 5) is 25.1. The van der Waals surface area contributed by atoms with E-state index in [9.17, 15) is 14.0 Å². The van der Waals surface area contributed by atoms with Crippen molar-refractivity contribution in [1.29, 1.82) is 0 Å². The summed E-state index contributed by atoms with van der Waals surface area (Å²) >= 11 is 2.50. The highest BCUT2D eigenvalue weighted by Gasteiger charge is 2.19. The highest BCUT2D eigenvalue weighted by molar-refractivity contribution is 7.99. The molecule has 0 fully saturated rings. The highest BCUT2D eigenvalue weighted by Crippen LogP contribution is 2.26. The maximum absolute atomic E-state index is 13.2. The fraction of sp³-hybridized carbons (Fsp3) is 0.176. The third-order valence-electron chi connectivity index (χ3n) is 3.69. The number of nitrogens with two attached hydrogens (primary N) is 1. The summed E-state index contributed by atoms with van der Waals surface area (Å²) in [6.45, 7) is 1.51. The second-order valence-electron chi connectivity index (χ2n) is 5.60. The first-order valence-electron chi connectivity index (χ1n) is 7.88. The van der Waals surface area contributed by atoms with Gasteiger partial charge in [-0.15, -0.1) is 21.5 Å². The predicted molar refractivity (Wildman–Crippen MR) is 103 cm³/mol. The molecule has 0 aliphatic rings. The average Bonchev–Trinajstić information content (AvgIpc) is 3.19. The van der Waals surface area contributed by atoms with E-state index in [1.807, 2.05) is 17.5 Å². The quantitative estimate of drug-likeness (QED) is 0.479. The molecule has 0 unspecified atom stereocenters. The Labute approximate surface area is 162 Å². The van der Waals surface area contributed by atoms with E-state index in [-0.39, 0.29) is 28.3 Å². The van der Waals surface area contributed by atoms with Crippen molar-refractivity contribution in [3.8, 4) is 0 Å². The monoisotopic (exact) mass is 405 g/mol. The van der Waals surface area contributed by atoms with Crippen LogP contribution in [-0.2, 0) is 4.79 Å². The number of amides is 1. The van der Waals surface area contributed by atoms with Crippen LogP contribution in [0, 0.1) is 12.7 Å². The van der Waals surface area contributed by atoms with Crippen LogP contribution < -0.4 is 16.7 Å². The molecule has 2 aromatic heterocycles. The number of carbonyl (C=O) groups is 1. The molecule has 0 aliphatic heterocycles. The molecule has 3 rings (SSSR count). The number of hydrogen-bond acceptors (Lipinski definition) is 7. The van der Waals surface area contributed by atoms with Crippen LogP contribution in [-0.4, -0.2) is 26.5 Å². The van der Waals surface area contributed by atoms with E-state index < -0.39 is 11.6 Å². The van der Waals surface area contributed by atoms with Crippen LogP contribution >= 0.6 is 23.1 Å². The van der Waals surface area contributed by atoms with Crippen LogP contribution in [0.1, 0.15) is 22.2 Å². The van der Waals surface area contributed by atoms with Gasteiger partial charge < -0.3 is 11.2 Å². The molecule has 1 atom stereocenters. The summed E-state index contributed by atoms with van der Waals surface area (Å²) in [5.41, 5.74) is 0.485. The third-order valence-corrected chi connectivity index (χ3v) is 5.57. The highest BCUT2D eigenvalue weighted by atomic mass is 32.2. The molecule has 7 nitrogen and oxygen atoms in total. The topological polar surface area (TPSA) is 103 Å². The van der Waals surface area contributed by atoms with Crippen molar-refractivity contribution in [2.75, 3.05) is 11.6 Å². The van der Waals surface area contributed by atoms with E-state index >= 15 is 0 Å². The molecule has 3 N–H and O–H groups in total. The SMILES string of the molecule is Cc1nnc(SCC(=O)N[C@@H](c2ccc(F)cc2)c2cccs2)n(N)c1=O. The van der Waals surface area contributed by atoms with Gasteiger partial charge in [0.15, 0.2) is 0 Å². The normalized spacial score (nSPS) is 11.9. The van der Waals surface area contributed by atoms with E-state index in [1.165, 1.54) is 30.4 Å². The van der Waals surface area contributed by atoms with Gasteiger partial charge in [-0.3, -0.25) is 9.59 Å². The lowest BCUT2D eigenvalue weighted by molar-refractivity contribution is -0.119. The molecule has 1 amide bonds. The molecule has 0 bridgehead atoms. The van der Waals surface area contributed by atoms with Gasteiger partial charge in [0, 0.05) is 4.88 Å². The number of halogens is 1. The first kappa shape index (κ1) is 19.1. The number of nitrogens with zero attached hydrogens (tertiary/aromatic N) is 3. The zero-order chi connectivity index (χ0) is 19.4. The van der Waals surface area contributed by atoms with E-state index in [1.54, 1.807) is 12.1 Å². The first-order valence-corrected chi connectivity index (χ1v) is 9.74. The molecule has 3 aromatic rings. The minimum atomic E-state index is -0.462. The number of aryl methyl sites for hydroxylation is 1. The van der Waals surface area contributed by atoms with Gasteiger partial charge in [0.25, 0.3) is 5.56 Å². The van der Waals surface area contributed by atoms with Crippen LogP contribution in [0.4, 0.5) is 4.39 Å². The molecular formula is C17H16FN5O2S2. The van der Waals surface area contributed by atoms with Crippen LogP contribution in [0.5, 0.6) is 0 Å². The molecule has 0 saturated carbocycles. The molecule has 0 radical (unpaired) electrons. The van der Waals surface area contributed by atoms with Gasteiger partial charge in [-0.05, 0) is 36.1 Å². The lowest BCUT2D eigenvalue weighted by Crippen LogP contribution is -2.33. The van der Waals surface area contributed by atoms with Crippen LogP contribution in [0.3, 0.4) is 0 Å². The lowest BCUT2D eigenvalue weighted by Gasteiger charge is -2.18. The Morgan fingerprint density at radius 3 is 2.74 bits per heavy atom. The molecular weight excluding hydrogens is 389 g/mol. The van der Waals surface area contributed by atoms with E-state index in [2.05, 4.69) is 15.5 Å². The van der Waals surface area contributed by atoms with Gasteiger partial charge in [-0.25, -0.2) is 4.39 Å². The summed E-state index contributed by atoms with van der Waals surface area (Å²) in [7, 11) is 0. The summed E-state index contributed by atoms with van der Waals surface area (Å²) in [5.74, 6) is 5.04. The molecule has 1 aromatic carbocycles. The fourth-order valence-electron chi connectivity index (χ4n) is 2.33. The molecule has 0 saturated heterocycles. The second kappa shape index (κ2) is 8.31. The largest absolute Gasteiger partial charge is 0.344 e. The van der Waals surface area contributed by atoms with E-state index in [4.69, 9.17) is 5.84 Å². The van der Waals surface area contributed by atoms with Crippen molar-refractivity contribution in [3.05, 3.63) is 74.1 Å². The first-order chi connectivity index (χ1) is 13.0. The van der Waals surface area contributed by atoms with Gasteiger partial charge in [-0.2, -0.15) is 4.68 Å². The molecule has 140 valence electrons. The maximum atomic E-state index is 13.2. The summed E-state index contributed by atoms with van der Waals surface area (Å²) in [5, 5.41) is 12.5. The summed E-state index contributed by atoms with van der Waals surface area (Å²) < 4.78 is 14.1. The number of thioether (sulfide) groups is 1. The van der Waals surface area contributed by atoms with Gasteiger partial charge >= 0.3 is 0 Å². The Morgan fingerprint density at radius 2 is 2.07 bits per heavy atom. The average molecular weight is 405 g/mol. The van der Waals surface area contributed by atoms with Crippen molar-refractivity contribution in [3.63, 3.8) is 0 Å². The maximum Gasteiger partial charge on any atom is 0.294 e. The standard InChI is InChI=1S/C17H16FN5O2S2/c1-10-16(25)23(19)17(22-21-10)27-9-14(24)20-15(13-3-2-8-26-13)11-4-6-12(18)7-5-11/h2-8,15H,9,19H2,1H3,(H,20,24)/t15-/m0/s1. The Bertz CT molecular complexity index is 990. The van der Waals surface area contributed by atoms with Crippen LogP contribution in [0.15, 0.2) is 51.7 Å². The summed E-state index contributed by atoms with van der Waals surface area (Å²) in [6, 6.07) is 9.36. The molecule has 27 heavy (non-hydrogen) atoms. The van der Waals surface area contributed by atoms with Crippen LogP contribution in [0.25, 0.3) is 0 Å². The smallest absolute Gasteiger partial charge is 0.294 e. The number of rotatable bonds is 6. The number of aromatic nitrogens is 3. The van der Waals surface area contributed by atoms with Crippen molar-refractivity contribution in [2.45, 2.75) is 18.1 Å². The minimum Gasteiger partial charge on any atom is -0.344 e. The van der Waals surface area contributed by atoms with Crippen LogP contribution in [0.2, 0.25) is 0 Å². The van der Waals surface area contributed by atoms with Crippen molar-refractivity contribution < 1.29 is 9.18 Å². The third kappa shape index (κ3) is 4.52. The van der Waals surface area contributed by atoms with Crippen molar-refractivity contribution in [1.82, 2.24) is 20.2 Å². The Kier molecular flexibility index (Phi) is 5.87. The van der Waals surface area contributed by atoms with Gasteiger partial charge in [0.2, 0.25) is 11.1 Å². The molecule has 0 aliphatic carbocycles. The molecule has 0 spiro atoms. The predicted octanol–water partition coefficient (Wildman–Crippen LogP) is 1.86. The zero-order valence-electron chi connectivity index (χ0n) is 14.3. The van der Waals surface area contributed by atoms with Crippen molar-refractivity contribution in [2.24, 2.45) is 0 Å². The Balaban J connectivity index is 1.73. The Morgan fingerprint density at radius 1 is 1.33 bits per heavy atom. The number of carbonyl (C=O) groups excluding carboxylic acids is 1. The molecule has 10 heteroatoms. The summed E-state index contributed by atoms with van der Waals surface area (Å²) in [6.07, 6.45) is 0. The number of thiophene rings is 1.